The standard InChI is InChI=1S/C13H11N3/c1-9-7-14-13-11(9)12(15-8-16-13)10-5-3-2-4-6-10/h2-8H,1H3,(H,14,15,16). The summed E-state index contributed by atoms with van der Waals surface area (Å²) >= 11 is 0. The monoisotopic (exact) mass is 209 g/mol. The molecule has 2 aromatic heterocycles. The zero-order chi connectivity index (χ0) is 11.0. The van der Waals surface area contributed by atoms with E-state index < -0.39 is 0 Å². The third-order valence-corrected chi connectivity index (χ3v) is 2.71. The second kappa shape index (κ2) is 3.45. The summed E-state index contributed by atoms with van der Waals surface area (Å²) in [5.41, 5.74) is 4.18. The van der Waals surface area contributed by atoms with E-state index in [2.05, 4.69) is 34.0 Å². The lowest BCUT2D eigenvalue weighted by Crippen LogP contribution is -1.87. The molecule has 0 saturated heterocycles. The zero-order valence-corrected chi connectivity index (χ0v) is 8.94. The maximum Gasteiger partial charge on any atom is 0.141 e. The molecule has 3 heteroatoms. The number of H-pyrrole nitrogens is 1. The molecule has 2 heterocycles. The number of nitrogens with one attached hydrogen (secondary N) is 1. The topological polar surface area (TPSA) is 41.6 Å². The molecule has 0 bridgehead atoms. The van der Waals surface area contributed by atoms with Crippen molar-refractivity contribution >= 4 is 11.0 Å². The number of fused-ring (bicyclic) bond motifs is 1. The van der Waals surface area contributed by atoms with Crippen molar-refractivity contribution in [3.63, 3.8) is 0 Å². The molecule has 3 nitrogen and oxygen atoms in total. The summed E-state index contributed by atoms with van der Waals surface area (Å²) in [6.45, 7) is 2.06. The second-order valence-corrected chi connectivity index (χ2v) is 3.78. The van der Waals surface area contributed by atoms with Gasteiger partial charge in [-0.25, -0.2) is 9.97 Å². The highest BCUT2D eigenvalue weighted by Gasteiger charge is 2.09. The van der Waals surface area contributed by atoms with Crippen LogP contribution < -0.4 is 0 Å². The molecule has 0 fully saturated rings. The average Bonchev–Trinajstić information content (AvgIpc) is 2.73. The molecule has 0 radical (unpaired) electrons. The van der Waals surface area contributed by atoms with Gasteiger partial charge in [0.25, 0.3) is 0 Å². The first-order chi connectivity index (χ1) is 7.86. The number of benzene rings is 1. The summed E-state index contributed by atoms with van der Waals surface area (Å²) in [5.74, 6) is 0. The number of aryl methyl sites for hydroxylation is 1. The van der Waals surface area contributed by atoms with E-state index in [0.29, 0.717) is 0 Å². The highest BCUT2D eigenvalue weighted by Crippen LogP contribution is 2.26. The van der Waals surface area contributed by atoms with Gasteiger partial charge in [0.2, 0.25) is 0 Å². The van der Waals surface area contributed by atoms with Crippen LogP contribution in [0.2, 0.25) is 0 Å². The Morgan fingerprint density at radius 3 is 2.69 bits per heavy atom. The average molecular weight is 209 g/mol. The molecular formula is C13H11N3. The van der Waals surface area contributed by atoms with E-state index in [1.165, 1.54) is 5.56 Å². The second-order valence-electron chi connectivity index (χ2n) is 3.78. The van der Waals surface area contributed by atoms with Crippen LogP contribution in [0.5, 0.6) is 0 Å². The minimum Gasteiger partial charge on any atom is -0.346 e. The van der Waals surface area contributed by atoms with Crippen LogP contribution in [-0.2, 0) is 0 Å². The fourth-order valence-electron chi connectivity index (χ4n) is 1.93. The minimum atomic E-state index is 0.895. The maximum atomic E-state index is 4.38. The van der Waals surface area contributed by atoms with Gasteiger partial charge in [-0.05, 0) is 12.5 Å². The molecule has 0 aliphatic heterocycles. The Morgan fingerprint density at radius 1 is 1.06 bits per heavy atom. The van der Waals surface area contributed by atoms with Crippen LogP contribution in [0.15, 0.2) is 42.9 Å². The molecule has 3 aromatic rings. The first-order valence-electron chi connectivity index (χ1n) is 5.20. The first-order valence-corrected chi connectivity index (χ1v) is 5.20. The van der Waals surface area contributed by atoms with E-state index in [0.717, 1.165) is 22.3 Å². The first kappa shape index (κ1) is 9.09. The fraction of sp³-hybridized carbons (Fsp3) is 0.0769. The van der Waals surface area contributed by atoms with Gasteiger partial charge in [0.15, 0.2) is 0 Å². The van der Waals surface area contributed by atoms with Crippen molar-refractivity contribution in [1.29, 1.82) is 0 Å². The summed E-state index contributed by atoms with van der Waals surface area (Å²) in [4.78, 5) is 11.7. The molecule has 0 saturated carbocycles. The Morgan fingerprint density at radius 2 is 1.88 bits per heavy atom. The van der Waals surface area contributed by atoms with Crippen molar-refractivity contribution in [3.05, 3.63) is 48.4 Å². The molecule has 16 heavy (non-hydrogen) atoms. The maximum absolute atomic E-state index is 4.38. The molecule has 0 amide bonds. The van der Waals surface area contributed by atoms with Gasteiger partial charge in [-0.3, -0.25) is 0 Å². The smallest absolute Gasteiger partial charge is 0.141 e. The Labute approximate surface area is 93.2 Å². The largest absolute Gasteiger partial charge is 0.346 e. The molecular weight excluding hydrogens is 198 g/mol. The number of aromatic amines is 1. The predicted molar refractivity (Wildman–Crippen MR) is 64.1 cm³/mol. The van der Waals surface area contributed by atoms with Gasteiger partial charge in [0, 0.05) is 17.1 Å². The highest BCUT2D eigenvalue weighted by molar-refractivity contribution is 5.93. The van der Waals surface area contributed by atoms with Crippen LogP contribution in [0, 0.1) is 6.92 Å². The van der Waals surface area contributed by atoms with Crippen molar-refractivity contribution in [2.45, 2.75) is 6.92 Å². The van der Waals surface area contributed by atoms with Gasteiger partial charge in [0.1, 0.15) is 12.0 Å². The quantitative estimate of drug-likeness (QED) is 0.669. The van der Waals surface area contributed by atoms with Crippen molar-refractivity contribution in [2.75, 3.05) is 0 Å². The molecule has 0 spiro atoms. The molecule has 0 aliphatic carbocycles. The molecule has 1 N–H and O–H groups in total. The Kier molecular flexibility index (Phi) is 1.96. The third-order valence-electron chi connectivity index (χ3n) is 2.71. The van der Waals surface area contributed by atoms with Crippen LogP contribution in [0.25, 0.3) is 22.3 Å². The summed E-state index contributed by atoms with van der Waals surface area (Å²) in [5, 5.41) is 1.11. The number of nitrogens with zero attached hydrogens (tertiary/aromatic N) is 2. The van der Waals surface area contributed by atoms with Crippen LogP contribution in [0.4, 0.5) is 0 Å². The fourth-order valence-corrected chi connectivity index (χ4v) is 1.93. The van der Waals surface area contributed by atoms with E-state index in [4.69, 9.17) is 0 Å². The lowest BCUT2D eigenvalue weighted by molar-refractivity contribution is 1.20. The van der Waals surface area contributed by atoms with Crippen LogP contribution in [0.1, 0.15) is 5.56 Å². The number of rotatable bonds is 1. The van der Waals surface area contributed by atoms with Gasteiger partial charge in [-0.1, -0.05) is 30.3 Å². The molecule has 0 atom stereocenters. The molecule has 0 aliphatic rings. The van der Waals surface area contributed by atoms with E-state index in [-0.39, 0.29) is 0 Å². The predicted octanol–water partition coefficient (Wildman–Crippen LogP) is 2.93. The summed E-state index contributed by atoms with van der Waals surface area (Å²) < 4.78 is 0. The Hall–Kier alpha value is -2.16. The number of aromatic nitrogens is 3. The summed E-state index contributed by atoms with van der Waals surface area (Å²) in [6.07, 6.45) is 3.56. The Balaban J connectivity index is 2.36. The Bertz CT molecular complexity index is 626. The van der Waals surface area contributed by atoms with E-state index >= 15 is 0 Å². The van der Waals surface area contributed by atoms with Crippen LogP contribution >= 0.6 is 0 Å². The lowest BCUT2D eigenvalue weighted by Gasteiger charge is -2.02. The van der Waals surface area contributed by atoms with Crippen molar-refractivity contribution < 1.29 is 0 Å². The minimum absolute atomic E-state index is 0.895. The van der Waals surface area contributed by atoms with Gasteiger partial charge in [0.05, 0.1) is 5.69 Å². The third kappa shape index (κ3) is 1.29. The van der Waals surface area contributed by atoms with Crippen molar-refractivity contribution in [2.24, 2.45) is 0 Å². The summed E-state index contributed by atoms with van der Waals surface area (Å²) in [6, 6.07) is 10.2. The highest BCUT2D eigenvalue weighted by atomic mass is 14.9. The van der Waals surface area contributed by atoms with Crippen LogP contribution in [0.3, 0.4) is 0 Å². The molecule has 1 aromatic carbocycles. The number of hydrogen-bond donors (Lipinski definition) is 1. The summed E-state index contributed by atoms with van der Waals surface area (Å²) in [7, 11) is 0. The van der Waals surface area contributed by atoms with Gasteiger partial charge in [-0.2, -0.15) is 0 Å². The molecule has 78 valence electrons. The zero-order valence-electron chi connectivity index (χ0n) is 8.94. The van der Waals surface area contributed by atoms with Gasteiger partial charge >= 0.3 is 0 Å². The lowest BCUT2D eigenvalue weighted by atomic mass is 10.1. The van der Waals surface area contributed by atoms with E-state index in [1.54, 1.807) is 6.33 Å². The number of hydrogen-bond acceptors (Lipinski definition) is 2. The van der Waals surface area contributed by atoms with Gasteiger partial charge < -0.3 is 4.98 Å². The van der Waals surface area contributed by atoms with Gasteiger partial charge in [-0.15, -0.1) is 0 Å². The van der Waals surface area contributed by atoms with Crippen LogP contribution in [-0.4, -0.2) is 15.0 Å². The van der Waals surface area contributed by atoms with E-state index in [1.807, 2.05) is 24.4 Å². The van der Waals surface area contributed by atoms with Crippen molar-refractivity contribution in [3.8, 4) is 11.3 Å². The van der Waals surface area contributed by atoms with Crippen molar-refractivity contribution in [1.82, 2.24) is 15.0 Å². The van der Waals surface area contributed by atoms with E-state index in [9.17, 15) is 0 Å². The normalized spacial score (nSPS) is 10.8. The molecule has 0 unspecified atom stereocenters. The molecule has 3 rings (SSSR count). The SMILES string of the molecule is Cc1c[nH]c2ncnc(-c3ccccc3)c12.